The van der Waals surface area contributed by atoms with Gasteiger partial charge in [-0.05, 0) is 18.8 Å². The third kappa shape index (κ3) is 0.788. The van der Waals surface area contributed by atoms with Crippen LogP contribution in [0.5, 0.6) is 0 Å². The van der Waals surface area contributed by atoms with Crippen LogP contribution in [0.1, 0.15) is 19.8 Å². The van der Waals surface area contributed by atoms with Crippen LogP contribution in [0.4, 0.5) is 0 Å². The molecule has 0 spiro atoms. The van der Waals surface area contributed by atoms with Crippen molar-refractivity contribution in [3.05, 3.63) is 0 Å². The highest BCUT2D eigenvalue weighted by atomic mass is 16.5. The van der Waals surface area contributed by atoms with E-state index in [2.05, 4.69) is 6.92 Å². The second-order valence-corrected chi connectivity index (χ2v) is 3.50. The first-order valence-electron chi connectivity index (χ1n) is 3.91. The maximum absolute atomic E-state index is 11.1. The molecule has 1 heterocycles. The van der Waals surface area contributed by atoms with Crippen molar-refractivity contribution in [2.75, 3.05) is 6.61 Å². The maximum Gasteiger partial charge on any atom is 0.164 e. The Morgan fingerprint density at radius 2 is 2.30 bits per heavy atom. The van der Waals surface area contributed by atoms with Crippen molar-refractivity contribution in [1.82, 2.24) is 0 Å². The van der Waals surface area contributed by atoms with Crippen LogP contribution in [-0.2, 0) is 9.53 Å². The van der Waals surface area contributed by atoms with Gasteiger partial charge in [0, 0.05) is 5.92 Å². The lowest BCUT2D eigenvalue weighted by molar-refractivity contribution is -0.120. The molecule has 2 heteroatoms. The van der Waals surface area contributed by atoms with Crippen molar-refractivity contribution in [2.24, 2.45) is 11.8 Å². The van der Waals surface area contributed by atoms with Gasteiger partial charge in [-0.2, -0.15) is 0 Å². The summed E-state index contributed by atoms with van der Waals surface area (Å²) in [5, 5.41) is 0. The van der Waals surface area contributed by atoms with E-state index in [0.29, 0.717) is 18.3 Å². The van der Waals surface area contributed by atoms with E-state index in [1.165, 1.54) is 0 Å². The predicted molar refractivity (Wildman–Crippen MR) is 36.6 cm³/mol. The van der Waals surface area contributed by atoms with E-state index in [1.54, 1.807) is 0 Å². The number of fused-ring (bicyclic) bond motifs is 1. The number of carbonyl (C=O) groups excluding carboxylic acids is 1. The smallest absolute Gasteiger partial charge is 0.164 e. The molecule has 10 heavy (non-hydrogen) atoms. The molecule has 1 saturated heterocycles. The fourth-order valence-electron chi connectivity index (χ4n) is 2.06. The van der Waals surface area contributed by atoms with E-state index in [4.69, 9.17) is 4.74 Å². The third-order valence-electron chi connectivity index (χ3n) is 2.59. The second kappa shape index (κ2) is 2.06. The third-order valence-corrected chi connectivity index (χ3v) is 2.59. The molecule has 2 fully saturated rings. The Balaban J connectivity index is 2.12. The summed E-state index contributed by atoms with van der Waals surface area (Å²) < 4.78 is 5.31. The maximum atomic E-state index is 11.1. The summed E-state index contributed by atoms with van der Waals surface area (Å²) in [5.74, 6) is 1.28. The highest BCUT2D eigenvalue weighted by Crippen LogP contribution is 2.37. The molecule has 1 aliphatic heterocycles. The topological polar surface area (TPSA) is 26.3 Å². The second-order valence-electron chi connectivity index (χ2n) is 3.50. The van der Waals surface area contributed by atoms with Crippen molar-refractivity contribution < 1.29 is 9.53 Å². The monoisotopic (exact) mass is 140 g/mol. The molecule has 0 bridgehead atoms. The summed E-state index contributed by atoms with van der Waals surface area (Å²) in [6.07, 6.45) is 2.43. The highest BCUT2D eigenvalue weighted by molar-refractivity contribution is 5.84. The average Bonchev–Trinajstić information content (AvgIpc) is 2.35. The quantitative estimate of drug-likeness (QED) is 0.501. The average molecular weight is 140 g/mol. The van der Waals surface area contributed by atoms with Crippen molar-refractivity contribution in [3.8, 4) is 0 Å². The van der Waals surface area contributed by atoms with Crippen molar-refractivity contribution in [2.45, 2.75) is 25.9 Å². The first kappa shape index (κ1) is 6.35. The Morgan fingerprint density at radius 1 is 1.50 bits per heavy atom. The molecule has 2 nitrogen and oxygen atoms in total. The lowest BCUT2D eigenvalue weighted by Crippen LogP contribution is -2.12. The SMILES string of the molecule is C[C@@H]1C[C@@H]2C(=O)CO[C@@H]2C1. The number of hydrogen-bond donors (Lipinski definition) is 0. The molecule has 56 valence electrons. The molecular weight excluding hydrogens is 128 g/mol. The van der Waals surface area contributed by atoms with E-state index in [0.717, 1.165) is 12.8 Å². The summed E-state index contributed by atoms with van der Waals surface area (Å²) in [7, 11) is 0. The lowest BCUT2D eigenvalue weighted by atomic mass is 10.0. The summed E-state index contributed by atoms with van der Waals surface area (Å²) >= 11 is 0. The standard InChI is InChI=1S/C8H12O2/c1-5-2-6-7(9)4-10-8(6)3-5/h5-6,8H,2-4H2,1H3/t5-,6-,8-/m1/s1. The zero-order valence-corrected chi connectivity index (χ0v) is 6.17. The van der Waals surface area contributed by atoms with Gasteiger partial charge in [0.15, 0.2) is 5.78 Å². The van der Waals surface area contributed by atoms with Gasteiger partial charge in [-0.3, -0.25) is 4.79 Å². The zero-order valence-electron chi connectivity index (χ0n) is 6.17. The fraction of sp³-hybridized carbons (Fsp3) is 0.875. The molecular formula is C8H12O2. The summed E-state index contributed by atoms with van der Waals surface area (Å²) in [4.78, 5) is 11.1. The Bertz CT molecular complexity index is 165. The zero-order chi connectivity index (χ0) is 7.14. The van der Waals surface area contributed by atoms with E-state index >= 15 is 0 Å². The van der Waals surface area contributed by atoms with Gasteiger partial charge in [0.1, 0.15) is 6.61 Å². The Hall–Kier alpha value is -0.370. The number of hydrogen-bond acceptors (Lipinski definition) is 2. The first-order chi connectivity index (χ1) is 4.77. The predicted octanol–water partition coefficient (Wildman–Crippen LogP) is 1.00. The van der Waals surface area contributed by atoms with Crippen LogP contribution in [-0.4, -0.2) is 18.5 Å². The molecule has 0 N–H and O–H groups in total. The van der Waals surface area contributed by atoms with E-state index in [-0.39, 0.29) is 12.0 Å². The van der Waals surface area contributed by atoms with Crippen molar-refractivity contribution in [3.63, 3.8) is 0 Å². The Labute approximate surface area is 60.6 Å². The fourth-order valence-corrected chi connectivity index (χ4v) is 2.06. The molecule has 2 rings (SSSR count). The Morgan fingerprint density at radius 3 is 3.00 bits per heavy atom. The molecule has 0 unspecified atom stereocenters. The molecule has 0 radical (unpaired) electrons. The minimum atomic E-state index is 0.259. The van der Waals surface area contributed by atoms with Gasteiger partial charge in [0.2, 0.25) is 0 Å². The summed E-state index contributed by atoms with van der Waals surface area (Å²) in [6, 6.07) is 0. The lowest BCUT2D eigenvalue weighted by Gasteiger charge is -2.02. The van der Waals surface area contributed by atoms with Crippen LogP contribution in [0.2, 0.25) is 0 Å². The van der Waals surface area contributed by atoms with Crippen molar-refractivity contribution in [1.29, 1.82) is 0 Å². The number of Topliss-reactive ketones (excluding diaryl/α,β-unsaturated/α-hetero) is 1. The van der Waals surface area contributed by atoms with Gasteiger partial charge in [0.05, 0.1) is 6.10 Å². The molecule has 0 aromatic rings. The first-order valence-corrected chi connectivity index (χ1v) is 3.91. The normalized spacial score (nSPS) is 46.1. The van der Waals surface area contributed by atoms with Gasteiger partial charge in [-0.1, -0.05) is 6.92 Å². The van der Waals surface area contributed by atoms with Crippen LogP contribution in [0.25, 0.3) is 0 Å². The number of ether oxygens (including phenoxy) is 1. The molecule has 0 aromatic heterocycles. The minimum absolute atomic E-state index is 0.259. The van der Waals surface area contributed by atoms with Gasteiger partial charge in [-0.25, -0.2) is 0 Å². The van der Waals surface area contributed by atoms with Crippen molar-refractivity contribution >= 4 is 5.78 Å². The molecule has 0 amide bonds. The van der Waals surface area contributed by atoms with E-state index in [9.17, 15) is 4.79 Å². The van der Waals surface area contributed by atoms with Crippen LogP contribution in [0, 0.1) is 11.8 Å². The molecule has 2 aliphatic rings. The van der Waals surface area contributed by atoms with E-state index in [1.807, 2.05) is 0 Å². The largest absolute Gasteiger partial charge is 0.370 e. The van der Waals surface area contributed by atoms with Gasteiger partial charge < -0.3 is 4.74 Å². The van der Waals surface area contributed by atoms with Crippen LogP contribution in [0.15, 0.2) is 0 Å². The van der Waals surface area contributed by atoms with Gasteiger partial charge >= 0.3 is 0 Å². The number of ketones is 1. The van der Waals surface area contributed by atoms with Gasteiger partial charge in [-0.15, -0.1) is 0 Å². The molecule has 1 saturated carbocycles. The van der Waals surface area contributed by atoms with Crippen LogP contribution < -0.4 is 0 Å². The van der Waals surface area contributed by atoms with Crippen LogP contribution >= 0.6 is 0 Å². The summed E-state index contributed by atoms with van der Waals surface area (Å²) in [5.41, 5.74) is 0. The molecule has 3 atom stereocenters. The highest BCUT2D eigenvalue weighted by Gasteiger charge is 2.42. The molecule has 0 aromatic carbocycles. The summed E-state index contributed by atoms with van der Waals surface area (Å²) in [6.45, 7) is 2.57. The number of rotatable bonds is 0. The van der Waals surface area contributed by atoms with E-state index < -0.39 is 0 Å². The minimum Gasteiger partial charge on any atom is -0.370 e. The Kier molecular flexibility index (Phi) is 1.31. The van der Waals surface area contributed by atoms with Crippen LogP contribution in [0.3, 0.4) is 0 Å². The van der Waals surface area contributed by atoms with Gasteiger partial charge in [0.25, 0.3) is 0 Å². The molecule has 1 aliphatic carbocycles. The number of carbonyl (C=O) groups is 1.